The number of amides is 2. The number of hydrogen-bond acceptors (Lipinski definition) is 6. The lowest BCUT2D eigenvalue weighted by molar-refractivity contribution is 0.00989. The SMILES string of the molecule is CCc1ccc(C(=O)N(C[C@@H]2CN(C(=O)OC(C)(C)C)C[C@H]2C(O[SiH](C)C)C(C)(C)C)C(C)C)cc1OCCCOC. The van der Waals surface area contributed by atoms with E-state index in [1.165, 1.54) is 0 Å². The van der Waals surface area contributed by atoms with Gasteiger partial charge in [0.25, 0.3) is 5.91 Å². The molecule has 0 aromatic heterocycles. The van der Waals surface area contributed by atoms with E-state index in [1.807, 2.05) is 48.8 Å². The van der Waals surface area contributed by atoms with E-state index in [9.17, 15) is 9.59 Å². The highest BCUT2D eigenvalue weighted by atomic mass is 28.3. The molecule has 9 heteroatoms. The van der Waals surface area contributed by atoms with Gasteiger partial charge in [0.1, 0.15) is 11.4 Å². The lowest BCUT2D eigenvalue weighted by Gasteiger charge is -2.40. The fourth-order valence-electron chi connectivity index (χ4n) is 5.59. The first-order valence-corrected chi connectivity index (χ1v) is 18.5. The number of benzene rings is 1. The van der Waals surface area contributed by atoms with Crippen LogP contribution < -0.4 is 4.74 Å². The highest BCUT2D eigenvalue weighted by Gasteiger charge is 2.46. The third-order valence-electron chi connectivity index (χ3n) is 7.57. The zero-order valence-electron chi connectivity index (χ0n) is 28.4. The topological polar surface area (TPSA) is 77.5 Å². The molecular formula is C33H58N2O6Si. The number of rotatable bonds is 13. The monoisotopic (exact) mass is 606 g/mol. The van der Waals surface area contributed by atoms with Gasteiger partial charge in [0.2, 0.25) is 0 Å². The summed E-state index contributed by atoms with van der Waals surface area (Å²) in [6.07, 6.45) is 1.25. The number of hydrogen-bond donors (Lipinski definition) is 0. The second-order valence-corrected chi connectivity index (χ2v) is 16.6. The van der Waals surface area contributed by atoms with Crippen LogP contribution in [0.25, 0.3) is 0 Å². The Hall–Kier alpha value is -2.10. The molecule has 1 saturated heterocycles. The molecule has 1 heterocycles. The maximum absolute atomic E-state index is 14.1. The molecule has 0 radical (unpaired) electrons. The van der Waals surface area contributed by atoms with Gasteiger partial charge in [-0.05, 0) is 77.2 Å². The minimum Gasteiger partial charge on any atom is -0.493 e. The van der Waals surface area contributed by atoms with Gasteiger partial charge >= 0.3 is 6.09 Å². The number of ether oxygens (including phenoxy) is 3. The van der Waals surface area contributed by atoms with Crippen LogP contribution in [-0.4, -0.2) is 88.5 Å². The molecule has 0 spiro atoms. The molecule has 8 nitrogen and oxygen atoms in total. The van der Waals surface area contributed by atoms with Crippen molar-refractivity contribution in [1.82, 2.24) is 9.80 Å². The second-order valence-electron chi connectivity index (χ2n) is 14.2. The number of nitrogens with zero attached hydrogens (tertiary/aromatic N) is 2. The summed E-state index contributed by atoms with van der Waals surface area (Å²) in [7, 11) is 0.299. The Morgan fingerprint density at radius 3 is 2.26 bits per heavy atom. The molecule has 1 aliphatic rings. The molecule has 3 atom stereocenters. The predicted octanol–water partition coefficient (Wildman–Crippen LogP) is 6.41. The van der Waals surface area contributed by atoms with Crippen molar-refractivity contribution in [3.8, 4) is 5.75 Å². The Kier molecular flexibility index (Phi) is 13.4. The third kappa shape index (κ3) is 10.6. The van der Waals surface area contributed by atoms with Crippen molar-refractivity contribution in [2.45, 2.75) is 106 Å². The van der Waals surface area contributed by atoms with Crippen LogP contribution in [0.3, 0.4) is 0 Å². The Morgan fingerprint density at radius 2 is 1.74 bits per heavy atom. The first-order valence-electron chi connectivity index (χ1n) is 15.7. The van der Waals surface area contributed by atoms with Gasteiger partial charge in [0.05, 0.1) is 12.7 Å². The van der Waals surface area contributed by atoms with Gasteiger partial charge < -0.3 is 28.4 Å². The quantitative estimate of drug-likeness (QED) is 0.191. The van der Waals surface area contributed by atoms with Crippen LogP contribution in [0.5, 0.6) is 5.75 Å². The van der Waals surface area contributed by atoms with Crippen molar-refractivity contribution in [1.29, 1.82) is 0 Å². The summed E-state index contributed by atoms with van der Waals surface area (Å²) in [6.45, 7) is 25.6. The molecular weight excluding hydrogens is 548 g/mol. The first-order chi connectivity index (χ1) is 19.5. The summed E-state index contributed by atoms with van der Waals surface area (Å²) in [5.74, 6) is 0.834. The van der Waals surface area contributed by atoms with Crippen LogP contribution in [0.15, 0.2) is 18.2 Å². The van der Waals surface area contributed by atoms with Crippen LogP contribution in [0.1, 0.15) is 84.7 Å². The van der Waals surface area contributed by atoms with Gasteiger partial charge in [-0.3, -0.25) is 4.79 Å². The summed E-state index contributed by atoms with van der Waals surface area (Å²) in [4.78, 5) is 31.1. The molecule has 1 unspecified atom stereocenters. The number of methoxy groups -OCH3 is 1. The van der Waals surface area contributed by atoms with Crippen molar-refractivity contribution in [3.05, 3.63) is 29.3 Å². The Labute approximate surface area is 257 Å². The van der Waals surface area contributed by atoms with Crippen LogP contribution in [0.2, 0.25) is 13.1 Å². The molecule has 1 aliphatic heterocycles. The lowest BCUT2D eigenvalue weighted by atomic mass is 9.77. The second kappa shape index (κ2) is 15.6. The van der Waals surface area contributed by atoms with E-state index >= 15 is 0 Å². The maximum atomic E-state index is 14.1. The van der Waals surface area contributed by atoms with Crippen LogP contribution in [0.4, 0.5) is 4.79 Å². The normalized spacial score (nSPS) is 18.5. The van der Waals surface area contributed by atoms with Crippen LogP contribution in [0, 0.1) is 17.3 Å². The number of aryl methyl sites for hydroxylation is 1. The average molecular weight is 607 g/mol. The number of likely N-dealkylation sites (tertiary alicyclic amines) is 1. The van der Waals surface area contributed by atoms with Crippen molar-refractivity contribution in [2.24, 2.45) is 17.3 Å². The summed E-state index contributed by atoms with van der Waals surface area (Å²) in [5, 5.41) is 0. The summed E-state index contributed by atoms with van der Waals surface area (Å²) >= 11 is 0. The van der Waals surface area contributed by atoms with E-state index in [0.717, 1.165) is 24.2 Å². The lowest BCUT2D eigenvalue weighted by Crippen LogP contribution is -2.47. The van der Waals surface area contributed by atoms with E-state index in [4.69, 9.17) is 18.6 Å². The van der Waals surface area contributed by atoms with E-state index in [-0.39, 0.29) is 41.4 Å². The van der Waals surface area contributed by atoms with Gasteiger partial charge in [-0.2, -0.15) is 0 Å². The van der Waals surface area contributed by atoms with E-state index < -0.39 is 14.6 Å². The van der Waals surface area contributed by atoms with Gasteiger partial charge in [-0.1, -0.05) is 33.8 Å². The predicted molar refractivity (Wildman–Crippen MR) is 172 cm³/mol. The first kappa shape index (κ1) is 36.1. The minimum atomic E-state index is -1.38. The standard InChI is InChI=1S/C33H58N2O6Si/c1-13-24-15-16-25(19-28(24)39-18-14-17-38-10)30(36)35(23(2)3)21-26-20-34(31(37)40-33(7,8)9)22-27(26)29(32(4,5)6)41-42(11)12/h15-16,19,23,26-27,29,42H,13-14,17-18,20-22H2,1-12H3/t26-,27+,29?/m0/s1. The molecule has 1 aromatic rings. The number of carbonyl (C=O) groups excluding carboxylic acids is 2. The highest BCUT2D eigenvalue weighted by Crippen LogP contribution is 2.38. The molecule has 0 saturated carbocycles. The van der Waals surface area contributed by atoms with Crippen molar-refractivity contribution >= 4 is 21.0 Å². The van der Waals surface area contributed by atoms with Crippen LogP contribution >= 0.6 is 0 Å². The molecule has 0 N–H and O–H groups in total. The van der Waals surface area contributed by atoms with Crippen molar-refractivity contribution in [2.75, 3.05) is 40.0 Å². The van der Waals surface area contributed by atoms with E-state index in [2.05, 4.69) is 54.6 Å². The summed E-state index contributed by atoms with van der Waals surface area (Å²) < 4.78 is 23.7. The minimum absolute atomic E-state index is 0.0286. The van der Waals surface area contributed by atoms with Crippen LogP contribution in [-0.2, 0) is 20.3 Å². The summed E-state index contributed by atoms with van der Waals surface area (Å²) in [5.41, 5.74) is 0.983. The van der Waals surface area contributed by atoms with Gasteiger partial charge in [-0.25, -0.2) is 4.79 Å². The smallest absolute Gasteiger partial charge is 0.410 e. The Bertz CT molecular complexity index is 1020. The fraction of sp³-hybridized carbons (Fsp3) is 0.758. The zero-order chi connectivity index (χ0) is 31.8. The van der Waals surface area contributed by atoms with E-state index in [1.54, 1.807) is 7.11 Å². The largest absolute Gasteiger partial charge is 0.493 e. The Morgan fingerprint density at radius 1 is 1.07 bits per heavy atom. The molecule has 0 bridgehead atoms. The summed E-state index contributed by atoms with van der Waals surface area (Å²) in [6, 6.07) is 5.76. The molecule has 42 heavy (non-hydrogen) atoms. The third-order valence-corrected chi connectivity index (χ3v) is 8.40. The van der Waals surface area contributed by atoms with Gasteiger partial charge in [0.15, 0.2) is 9.04 Å². The van der Waals surface area contributed by atoms with Crippen molar-refractivity contribution in [3.63, 3.8) is 0 Å². The zero-order valence-corrected chi connectivity index (χ0v) is 29.6. The molecule has 240 valence electrons. The fourth-order valence-corrected chi connectivity index (χ4v) is 6.79. The molecule has 0 aliphatic carbocycles. The molecule has 2 rings (SSSR count). The van der Waals surface area contributed by atoms with Crippen molar-refractivity contribution < 1.29 is 28.2 Å². The molecule has 1 fully saturated rings. The molecule has 2 amide bonds. The van der Waals surface area contributed by atoms with Gasteiger partial charge in [-0.15, -0.1) is 0 Å². The highest BCUT2D eigenvalue weighted by molar-refractivity contribution is 6.48. The van der Waals surface area contributed by atoms with Gasteiger partial charge in [0, 0.05) is 63.2 Å². The maximum Gasteiger partial charge on any atom is 0.410 e. The Balaban J connectivity index is 2.40. The average Bonchev–Trinajstić information content (AvgIpc) is 3.29. The van der Waals surface area contributed by atoms with E-state index in [0.29, 0.717) is 38.4 Å². The number of carbonyl (C=O) groups is 2. The molecule has 1 aromatic carbocycles.